The third-order valence-corrected chi connectivity index (χ3v) is 10.7. The number of hydrazone groups is 1. The molecule has 0 aromatic heterocycles. The lowest BCUT2D eigenvalue weighted by atomic mass is 9.92. The number of unbranched alkanes of at least 4 members (excludes halogenated alkanes) is 2. The number of hydrogen-bond acceptors (Lipinski definition) is 9. The maximum Gasteiger partial charge on any atom is 0.243 e. The second-order valence-corrected chi connectivity index (χ2v) is 17.2. The van der Waals surface area contributed by atoms with Crippen LogP contribution in [0.15, 0.2) is 65.8 Å². The molecule has 0 unspecified atom stereocenters. The van der Waals surface area contributed by atoms with Crippen LogP contribution in [0.25, 0.3) is 0 Å². The molecule has 60 heavy (non-hydrogen) atoms. The molecule has 2 aliphatic rings. The van der Waals surface area contributed by atoms with Crippen LogP contribution in [0.3, 0.4) is 0 Å². The first-order valence-electron chi connectivity index (χ1n) is 21.9. The van der Waals surface area contributed by atoms with Gasteiger partial charge in [-0.3, -0.25) is 28.9 Å². The molecule has 0 radical (unpaired) electrons. The van der Waals surface area contributed by atoms with Gasteiger partial charge in [0, 0.05) is 25.9 Å². The lowest BCUT2D eigenvalue weighted by molar-refractivity contribution is -0.134. The third kappa shape index (κ3) is 16.8. The summed E-state index contributed by atoms with van der Waals surface area (Å²) in [5, 5.41) is 16.6. The Labute approximate surface area is 356 Å². The number of epoxide rings is 1. The second-order valence-electron chi connectivity index (χ2n) is 17.2. The fraction of sp³-hybridized carbons (Fsp3) is 0.609. The highest BCUT2D eigenvalue weighted by molar-refractivity contribution is 6.02. The Hall–Kier alpha value is -4.66. The highest BCUT2D eigenvalue weighted by Crippen LogP contribution is 2.31. The molecule has 0 bridgehead atoms. The number of hydrogen-bond donors (Lipinski definition) is 5. The molecular weight excluding hydrogens is 763 g/mol. The standard InChI is InChI=1S/C46H69N7O7/c1-7-8-11-20-40(54)51-52-42(46(6)31-60-46)37(27-32(2)3)48-45(58)39(29-35-18-14-10-15-19-35)50-44(57)38(28-33(4)5)49-43(56)36(22-21-34-16-12-9-13-17-34)47-41(55)30-53-23-25-59-26-24-53/h9-10,12-19,32-33,36-39H,7-8,11,20-31H2,1-6H3,(H,47,55)(H,48,58)(H,49,56)(H,50,57)(H,51,54)/b52-42-/t36-,37-,38-,39-,46+/m0/s1. The van der Waals surface area contributed by atoms with E-state index in [2.05, 4.69) is 38.7 Å². The Morgan fingerprint density at radius 3 is 1.87 bits per heavy atom. The molecule has 0 saturated carbocycles. The van der Waals surface area contributed by atoms with E-state index in [9.17, 15) is 24.0 Å². The molecule has 0 spiro atoms. The number of nitrogens with one attached hydrogen (secondary N) is 5. The molecule has 2 aliphatic heterocycles. The molecule has 0 aliphatic carbocycles. The minimum Gasteiger partial charge on any atom is -0.379 e. The molecule has 14 nitrogen and oxygen atoms in total. The average Bonchev–Trinajstić information content (AvgIpc) is 3.97. The van der Waals surface area contributed by atoms with Gasteiger partial charge >= 0.3 is 0 Å². The van der Waals surface area contributed by atoms with Crippen LogP contribution in [0.4, 0.5) is 0 Å². The van der Waals surface area contributed by atoms with E-state index in [1.165, 1.54) is 0 Å². The summed E-state index contributed by atoms with van der Waals surface area (Å²) in [6, 6.07) is 15.6. The third-order valence-electron chi connectivity index (χ3n) is 10.7. The van der Waals surface area contributed by atoms with Crippen LogP contribution in [0.1, 0.15) is 97.6 Å². The minimum atomic E-state index is -1.03. The monoisotopic (exact) mass is 832 g/mol. The normalized spacial score (nSPS) is 18.8. The summed E-state index contributed by atoms with van der Waals surface area (Å²) in [6.45, 7) is 14.8. The lowest BCUT2D eigenvalue weighted by Gasteiger charge is -2.29. The molecule has 2 saturated heterocycles. The fourth-order valence-corrected chi connectivity index (χ4v) is 7.25. The highest BCUT2D eigenvalue weighted by atomic mass is 16.6. The zero-order chi connectivity index (χ0) is 43.5. The van der Waals surface area contributed by atoms with Gasteiger partial charge in [0.15, 0.2) is 0 Å². The predicted octanol–water partition coefficient (Wildman–Crippen LogP) is 4.07. The summed E-state index contributed by atoms with van der Waals surface area (Å²) in [7, 11) is 0. The number of ether oxygens (including phenoxy) is 2. The van der Waals surface area contributed by atoms with Crippen LogP contribution in [0.2, 0.25) is 0 Å². The van der Waals surface area contributed by atoms with Gasteiger partial charge in [0.05, 0.1) is 38.1 Å². The number of aryl methyl sites for hydroxylation is 1. The predicted molar refractivity (Wildman–Crippen MR) is 233 cm³/mol. The van der Waals surface area contributed by atoms with Crippen LogP contribution in [-0.4, -0.2) is 109 Å². The van der Waals surface area contributed by atoms with Crippen molar-refractivity contribution >= 4 is 35.2 Å². The number of amides is 5. The van der Waals surface area contributed by atoms with Crippen molar-refractivity contribution in [1.29, 1.82) is 0 Å². The first-order chi connectivity index (χ1) is 28.8. The largest absolute Gasteiger partial charge is 0.379 e. The number of carbonyl (C=O) groups is 5. The smallest absolute Gasteiger partial charge is 0.243 e. The Kier molecular flexibility index (Phi) is 19.7. The van der Waals surface area contributed by atoms with Gasteiger partial charge in [-0.25, -0.2) is 5.43 Å². The van der Waals surface area contributed by atoms with Gasteiger partial charge in [0.2, 0.25) is 29.5 Å². The van der Waals surface area contributed by atoms with Crippen molar-refractivity contribution in [3.63, 3.8) is 0 Å². The Morgan fingerprint density at radius 2 is 1.27 bits per heavy atom. The summed E-state index contributed by atoms with van der Waals surface area (Å²) in [5.41, 5.74) is 4.30. The molecule has 330 valence electrons. The molecule has 2 heterocycles. The molecule has 2 aromatic carbocycles. The van der Waals surface area contributed by atoms with Gasteiger partial charge in [0.25, 0.3) is 0 Å². The van der Waals surface area contributed by atoms with E-state index in [-0.39, 0.29) is 36.6 Å². The first kappa shape index (κ1) is 48.0. The molecule has 2 fully saturated rings. The zero-order valence-electron chi connectivity index (χ0n) is 36.6. The molecule has 4 rings (SSSR count). The topological polar surface area (TPSA) is 183 Å². The summed E-state index contributed by atoms with van der Waals surface area (Å²) in [5.74, 6) is -1.76. The summed E-state index contributed by atoms with van der Waals surface area (Å²) in [4.78, 5) is 70.9. The molecule has 5 atom stereocenters. The Balaban J connectivity index is 1.55. The van der Waals surface area contributed by atoms with E-state index in [4.69, 9.17) is 9.47 Å². The molecule has 14 heteroatoms. The molecular formula is C46H69N7O7. The number of carbonyl (C=O) groups excluding carboxylic acids is 5. The van der Waals surface area contributed by atoms with Gasteiger partial charge in [-0.1, -0.05) is 108 Å². The van der Waals surface area contributed by atoms with Crippen LogP contribution in [-0.2, 0) is 46.3 Å². The summed E-state index contributed by atoms with van der Waals surface area (Å²) in [6.07, 6.45) is 4.87. The van der Waals surface area contributed by atoms with Gasteiger partial charge in [-0.05, 0) is 62.0 Å². The van der Waals surface area contributed by atoms with Crippen molar-refractivity contribution in [3.05, 3.63) is 71.8 Å². The second kappa shape index (κ2) is 24.6. The van der Waals surface area contributed by atoms with Crippen molar-refractivity contribution in [1.82, 2.24) is 31.6 Å². The molecule has 2 aromatic rings. The zero-order valence-corrected chi connectivity index (χ0v) is 36.6. The fourth-order valence-electron chi connectivity index (χ4n) is 7.25. The van der Waals surface area contributed by atoms with Crippen molar-refractivity contribution in [2.75, 3.05) is 39.5 Å². The van der Waals surface area contributed by atoms with E-state index < -0.39 is 47.5 Å². The van der Waals surface area contributed by atoms with Crippen LogP contribution in [0.5, 0.6) is 0 Å². The first-order valence-corrected chi connectivity index (χ1v) is 21.9. The Bertz CT molecular complexity index is 1690. The maximum atomic E-state index is 14.5. The van der Waals surface area contributed by atoms with Crippen LogP contribution in [0, 0.1) is 11.8 Å². The number of nitrogens with zero attached hydrogens (tertiary/aromatic N) is 2. The number of rotatable bonds is 25. The molecule has 5 amide bonds. The van der Waals surface area contributed by atoms with E-state index in [1.54, 1.807) is 0 Å². The summed E-state index contributed by atoms with van der Waals surface area (Å²) >= 11 is 0. The van der Waals surface area contributed by atoms with Gasteiger partial charge < -0.3 is 30.7 Å². The summed E-state index contributed by atoms with van der Waals surface area (Å²) < 4.78 is 11.2. The number of morpholine rings is 1. The van der Waals surface area contributed by atoms with Crippen molar-refractivity contribution in [2.45, 2.75) is 129 Å². The Morgan fingerprint density at radius 1 is 0.717 bits per heavy atom. The van der Waals surface area contributed by atoms with Crippen molar-refractivity contribution < 1.29 is 33.4 Å². The lowest BCUT2D eigenvalue weighted by Crippen LogP contribution is -2.59. The van der Waals surface area contributed by atoms with E-state index in [0.717, 1.165) is 30.4 Å². The van der Waals surface area contributed by atoms with Gasteiger partial charge in [-0.2, -0.15) is 5.10 Å². The van der Waals surface area contributed by atoms with Crippen LogP contribution >= 0.6 is 0 Å². The van der Waals surface area contributed by atoms with Crippen LogP contribution < -0.4 is 26.7 Å². The SMILES string of the molecule is CCCCCC(=O)N/N=C(/[C@H](CC(C)C)NC(=O)[C@H](Cc1ccccc1)NC(=O)[C@H](CC(C)C)NC(=O)[C@H](CCc1ccccc1)NC(=O)CN1CCOCC1)[C@@]1(C)CO1. The number of benzene rings is 2. The highest BCUT2D eigenvalue weighted by Gasteiger charge is 2.49. The quantitative estimate of drug-likeness (QED) is 0.0430. The van der Waals surface area contributed by atoms with E-state index in [0.29, 0.717) is 70.7 Å². The van der Waals surface area contributed by atoms with E-state index in [1.807, 2.05) is 100 Å². The van der Waals surface area contributed by atoms with Crippen molar-refractivity contribution in [2.24, 2.45) is 16.9 Å². The van der Waals surface area contributed by atoms with E-state index >= 15 is 0 Å². The average molecular weight is 832 g/mol. The van der Waals surface area contributed by atoms with Crippen molar-refractivity contribution in [3.8, 4) is 0 Å². The minimum absolute atomic E-state index is 0.00629. The maximum absolute atomic E-state index is 14.5. The molecule has 5 N–H and O–H groups in total. The van der Waals surface area contributed by atoms with Gasteiger partial charge in [0.1, 0.15) is 23.7 Å². The van der Waals surface area contributed by atoms with Gasteiger partial charge in [-0.15, -0.1) is 0 Å².